The molecular weight excluding hydrogens is 657 g/mol. The summed E-state index contributed by atoms with van der Waals surface area (Å²) in [5.41, 5.74) is 1.18. The second-order valence-corrected chi connectivity index (χ2v) is 12.0. The number of ether oxygens (including phenoxy) is 1. The second kappa shape index (κ2) is 11.4. The van der Waals surface area contributed by atoms with Gasteiger partial charge in [-0.1, -0.05) is 46.7 Å². The molecule has 9 nitrogen and oxygen atoms in total. The SMILES string of the molecule is CC1=C(C(=O)OC(C)C)[C@@H](c2ccc(Cl)cc2)n2c(s/c(=C\c3ccc(-c4cc(Cl)c(Br)c([N+](=O)[O-])c4)o3)c2=O)=N1. The minimum Gasteiger partial charge on any atom is -0.459 e. The predicted molar refractivity (Wildman–Crippen MR) is 160 cm³/mol. The Morgan fingerprint density at radius 3 is 2.59 bits per heavy atom. The lowest BCUT2D eigenvalue weighted by atomic mass is 9.96. The van der Waals surface area contributed by atoms with Crippen LogP contribution in [0.25, 0.3) is 17.4 Å². The van der Waals surface area contributed by atoms with Crippen molar-refractivity contribution in [3.63, 3.8) is 0 Å². The first kappa shape index (κ1) is 29.0. The van der Waals surface area contributed by atoms with Crippen molar-refractivity contribution in [3.05, 3.63) is 115 Å². The molecule has 0 spiro atoms. The van der Waals surface area contributed by atoms with Gasteiger partial charge in [-0.25, -0.2) is 9.79 Å². The van der Waals surface area contributed by atoms with Crippen LogP contribution >= 0.6 is 50.5 Å². The summed E-state index contributed by atoms with van der Waals surface area (Å²) >= 11 is 16.6. The van der Waals surface area contributed by atoms with Gasteiger partial charge in [0.1, 0.15) is 16.0 Å². The molecule has 0 unspecified atom stereocenters. The molecule has 1 aliphatic rings. The first-order chi connectivity index (χ1) is 19.4. The Labute approximate surface area is 255 Å². The second-order valence-electron chi connectivity index (χ2n) is 9.34. The molecule has 210 valence electrons. The van der Waals surface area contributed by atoms with Crippen LogP contribution in [0.15, 0.2) is 78.5 Å². The van der Waals surface area contributed by atoms with Crippen molar-refractivity contribution >= 4 is 68.2 Å². The molecule has 4 aromatic rings. The van der Waals surface area contributed by atoms with Gasteiger partial charge in [-0.15, -0.1) is 0 Å². The molecule has 1 aliphatic heterocycles. The first-order valence-corrected chi connectivity index (χ1v) is 14.5. The van der Waals surface area contributed by atoms with Gasteiger partial charge in [0, 0.05) is 22.7 Å². The maximum absolute atomic E-state index is 13.8. The van der Waals surface area contributed by atoms with Crippen LogP contribution in [-0.2, 0) is 9.53 Å². The van der Waals surface area contributed by atoms with E-state index in [1.807, 2.05) is 0 Å². The van der Waals surface area contributed by atoms with Crippen molar-refractivity contribution < 1.29 is 18.9 Å². The standard InChI is InChI=1S/C28H20BrCl2N3O6S/c1-13(2)39-27(36)23-14(3)32-28-33(25(23)15-4-6-17(30)7-5-15)26(35)22(41-28)12-18-8-9-21(40-18)16-10-19(31)24(29)20(11-16)34(37)38/h4-13,25H,1-3H3/b22-12-/t25-/m1/s1. The van der Waals surface area contributed by atoms with Crippen LogP contribution in [0.1, 0.15) is 38.1 Å². The Morgan fingerprint density at radius 1 is 1.22 bits per heavy atom. The predicted octanol–water partition coefficient (Wildman–Crippen LogP) is 6.42. The van der Waals surface area contributed by atoms with Gasteiger partial charge in [0.2, 0.25) is 0 Å². The smallest absolute Gasteiger partial charge is 0.338 e. The number of nitro benzene ring substituents is 1. The van der Waals surface area contributed by atoms with Crippen molar-refractivity contribution in [1.29, 1.82) is 0 Å². The molecule has 2 aromatic heterocycles. The summed E-state index contributed by atoms with van der Waals surface area (Å²) < 4.78 is 13.4. The summed E-state index contributed by atoms with van der Waals surface area (Å²) in [4.78, 5) is 42.8. The van der Waals surface area contributed by atoms with Crippen LogP contribution in [0, 0.1) is 10.1 Å². The molecule has 0 radical (unpaired) electrons. The monoisotopic (exact) mass is 675 g/mol. The number of nitro groups is 1. The van der Waals surface area contributed by atoms with E-state index in [9.17, 15) is 19.7 Å². The number of nitrogens with zero attached hydrogens (tertiary/aromatic N) is 3. The average molecular weight is 677 g/mol. The van der Waals surface area contributed by atoms with Crippen LogP contribution in [-0.4, -0.2) is 21.6 Å². The molecule has 0 saturated carbocycles. The van der Waals surface area contributed by atoms with Gasteiger partial charge < -0.3 is 9.15 Å². The number of esters is 1. The van der Waals surface area contributed by atoms with Crippen molar-refractivity contribution in [1.82, 2.24) is 4.57 Å². The average Bonchev–Trinajstić information content (AvgIpc) is 3.49. The van der Waals surface area contributed by atoms with Gasteiger partial charge in [-0.05, 0) is 72.6 Å². The van der Waals surface area contributed by atoms with Gasteiger partial charge in [0.25, 0.3) is 11.2 Å². The Bertz CT molecular complexity index is 1920. The van der Waals surface area contributed by atoms with Gasteiger partial charge in [-0.3, -0.25) is 19.5 Å². The van der Waals surface area contributed by atoms with Crippen LogP contribution in [0.5, 0.6) is 0 Å². The van der Waals surface area contributed by atoms with E-state index in [0.29, 0.717) is 42.7 Å². The molecule has 2 aromatic carbocycles. The van der Waals surface area contributed by atoms with Gasteiger partial charge in [0.15, 0.2) is 4.80 Å². The lowest BCUT2D eigenvalue weighted by molar-refractivity contribution is -0.385. The molecule has 0 bridgehead atoms. The van der Waals surface area contributed by atoms with E-state index < -0.39 is 16.9 Å². The number of furan rings is 1. The number of halogens is 3. The minimum atomic E-state index is -0.783. The molecule has 0 N–H and O–H groups in total. The molecule has 0 amide bonds. The first-order valence-electron chi connectivity index (χ1n) is 12.2. The molecule has 1 atom stereocenters. The Kier molecular flexibility index (Phi) is 8.06. The van der Waals surface area contributed by atoms with E-state index in [2.05, 4.69) is 20.9 Å². The summed E-state index contributed by atoms with van der Waals surface area (Å²) in [6.45, 7) is 5.20. The number of allylic oxidation sites excluding steroid dienone is 1. The van der Waals surface area contributed by atoms with Crippen LogP contribution in [0.4, 0.5) is 5.69 Å². The number of rotatable bonds is 6. The normalized spacial score (nSPS) is 15.2. The van der Waals surface area contributed by atoms with Crippen LogP contribution in [0.2, 0.25) is 10.0 Å². The van der Waals surface area contributed by atoms with E-state index >= 15 is 0 Å². The molecule has 41 heavy (non-hydrogen) atoms. The topological polar surface area (TPSA) is 117 Å². The summed E-state index contributed by atoms with van der Waals surface area (Å²) in [5.74, 6) is 0.105. The fourth-order valence-corrected chi connectivity index (χ4v) is 6.13. The van der Waals surface area contributed by atoms with Crippen LogP contribution in [0.3, 0.4) is 0 Å². The van der Waals surface area contributed by atoms with E-state index in [4.69, 9.17) is 32.4 Å². The number of aromatic nitrogens is 1. The van der Waals surface area contributed by atoms with Crippen molar-refractivity contribution in [2.24, 2.45) is 4.99 Å². The molecule has 0 fully saturated rings. The van der Waals surface area contributed by atoms with E-state index in [0.717, 1.165) is 11.3 Å². The Morgan fingerprint density at radius 2 is 1.93 bits per heavy atom. The third-order valence-corrected chi connectivity index (χ3v) is 8.76. The summed E-state index contributed by atoms with van der Waals surface area (Å²) in [6.07, 6.45) is 1.19. The Hall–Kier alpha value is -3.51. The zero-order valence-electron chi connectivity index (χ0n) is 21.7. The number of carbonyl (C=O) groups excluding carboxylic acids is 1. The zero-order valence-corrected chi connectivity index (χ0v) is 25.6. The maximum atomic E-state index is 13.8. The maximum Gasteiger partial charge on any atom is 0.338 e. The summed E-state index contributed by atoms with van der Waals surface area (Å²) in [5, 5.41) is 12.1. The number of hydrogen-bond donors (Lipinski definition) is 0. The van der Waals surface area contributed by atoms with Gasteiger partial charge >= 0.3 is 5.97 Å². The largest absolute Gasteiger partial charge is 0.459 e. The third kappa shape index (κ3) is 5.67. The molecule has 0 saturated heterocycles. The summed E-state index contributed by atoms with van der Waals surface area (Å²) in [6, 6.07) is 12.3. The van der Waals surface area contributed by atoms with Crippen molar-refractivity contribution in [2.45, 2.75) is 32.9 Å². The number of benzene rings is 2. The van der Waals surface area contributed by atoms with Crippen molar-refractivity contribution in [2.75, 3.05) is 0 Å². The highest BCUT2D eigenvalue weighted by Crippen LogP contribution is 2.37. The number of fused-ring (bicyclic) bond motifs is 1. The molecule has 5 rings (SSSR count). The van der Waals surface area contributed by atoms with Crippen molar-refractivity contribution in [3.8, 4) is 11.3 Å². The highest BCUT2D eigenvalue weighted by Gasteiger charge is 2.33. The highest BCUT2D eigenvalue weighted by molar-refractivity contribution is 9.10. The lowest BCUT2D eigenvalue weighted by Crippen LogP contribution is -2.40. The van der Waals surface area contributed by atoms with E-state index in [-0.39, 0.29) is 32.4 Å². The quantitative estimate of drug-likeness (QED) is 0.132. The third-order valence-electron chi connectivity index (χ3n) is 6.16. The number of carbonyl (C=O) groups is 1. The number of thiazole rings is 1. The molecular formula is C28H20BrCl2N3O6S. The van der Waals surface area contributed by atoms with E-state index in [1.165, 1.54) is 10.6 Å². The van der Waals surface area contributed by atoms with Crippen LogP contribution < -0.4 is 14.9 Å². The van der Waals surface area contributed by atoms with Gasteiger partial charge in [0.05, 0.1) is 37.9 Å². The molecule has 13 heteroatoms. The lowest BCUT2D eigenvalue weighted by Gasteiger charge is -2.25. The number of hydrogen-bond acceptors (Lipinski definition) is 8. The van der Waals surface area contributed by atoms with E-state index in [1.54, 1.807) is 69.3 Å². The fourth-order valence-electron chi connectivity index (χ4n) is 4.39. The van der Waals surface area contributed by atoms with Gasteiger partial charge in [-0.2, -0.15) is 0 Å². The minimum absolute atomic E-state index is 0.157. The Balaban J connectivity index is 1.62. The zero-order chi connectivity index (χ0) is 29.6. The molecule has 0 aliphatic carbocycles. The molecule has 3 heterocycles. The highest BCUT2D eigenvalue weighted by atomic mass is 79.9. The fraction of sp³-hybridized carbons (Fsp3) is 0.179. The summed E-state index contributed by atoms with van der Waals surface area (Å²) in [7, 11) is 0.